The first-order chi connectivity index (χ1) is 9.61. The molecule has 1 N–H and O–H groups in total. The second-order valence-corrected chi connectivity index (χ2v) is 5.27. The molecule has 1 aliphatic rings. The average Bonchev–Trinajstić information content (AvgIpc) is 2.95. The zero-order valence-corrected chi connectivity index (χ0v) is 11.8. The van der Waals surface area contributed by atoms with Gasteiger partial charge in [0.25, 0.3) is 0 Å². The van der Waals surface area contributed by atoms with Crippen LogP contribution in [0.3, 0.4) is 0 Å². The van der Waals surface area contributed by atoms with Crippen LogP contribution in [0.15, 0.2) is 30.3 Å². The predicted molar refractivity (Wildman–Crippen MR) is 77.6 cm³/mol. The van der Waals surface area contributed by atoms with E-state index in [9.17, 15) is 9.59 Å². The number of hydrogen-bond donors (Lipinski definition) is 1. The molecular weight excluding hydrogens is 278 g/mol. The normalized spacial score (nSPS) is 18.4. The van der Waals surface area contributed by atoms with Gasteiger partial charge in [0.15, 0.2) is 0 Å². The molecule has 20 heavy (non-hydrogen) atoms. The monoisotopic (exact) mass is 293 g/mol. The summed E-state index contributed by atoms with van der Waals surface area (Å²) in [5, 5.41) is 9.03. The summed E-state index contributed by atoms with van der Waals surface area (Å²) in [6, 6.07) is 6.53. The molecule has 0 radical (unpaired) electrons. The van der Waals surface area contributed by atoms with Crippen molar-refractivity contribution in [1.29, 1.82) is 0 Å². The van der Waals surface area contributed by atoms with Crippen LogP contribution < -0.4 is 4.74 Å². The zero-order valence-electron chi connectivity index (χ0n) is 11.0. The SMILES string of the molecule is COc1ccc(/C=C/C(=O)N2CSC[C@H]2C(=O)O)cc1. The zero-order chi connectivity index (χ0) is 14.5. The smallest absolute Gasteiger partial charge is 0.327 e. The van der Waals surface area contributed by atoms with Gasteiger partial charge in [0.1, 0.15) is 11.8 Å². The second-order valence-electron chi connectivity index (χ2n) is 4.27. The van der Waals surface area contributed by atoms with Gasteiger partial charge in [-0.25, -0.2) is 4.79 Å². The van der Waals surface area contributed by atoms with Crippen LogP contribution in [0.1, 0.15) is 5.56 Å². The Hall–Kier alpha value is -1.95. The quantitative estimate of drug-likeness (QED) is 0.856. The lowest BCUT2D eigenvalue weighted by Crippen LogP contribution is -2.40. The summed E-state index contributed by atoms with van der Waals surface area (Å²) in [7, 11) is 1.59. The van der Waals surface area contributed by atoms with Crippen molar-refractivity contribution in [2.45, 2.75) is 6.04 Å². The number of carbonyl (C=O) groups is 2. The number of carbonyl (C=O) groups excluding carboxylic acids is 1. The summed E-state index contributed by atoms with van der Waals surface area (Å²) < 4.78 is 5.05. The maximum Gasteiger partial charge on any atom is 0.327 e. The molecule has 0 unspecified atom stereocenters. The molecule has 0 spiro atoms. The van der Waals surface area contributed by atoms with E-state index in [0.717, 1.165) is 11.3 Å². The van der Waals surface area contributed by atoms with E-state index in [1.54, 1.807) is 25.3 Å². The Morgan fingerprint density at radius 3 is 2.70 bits per heavy atom. The van der Waals surface area contributed by atoms with E-state index in [0.29, 0.717) is 11.6 Å². The van der Waals surface area contributed by atoms with E-state index in [1.807, 2.05) is 12.1 Å². The van der Waals surface area contributed by atoms with Crippen molar-refractivity contribution < 1.29 is 19.4 Å². The standard InChI is InChI=1S/C14H15NO4S/c1-19-11-5-2-10(3-6-11)4-7-13(16)15-9-20-8-12(15)14(17)18/h2-7,12H,8-9H2,1H3,(H,17,18)/b7-4+/t12-/m0/s1. The second kappa shape index (κ2) is 6.47. The van der Waals surface area contributed by atoms with Gasteiger partial charge in [-0.15, -0.1) is 11.8 Å². The summed E-state index contributed by atoms with van der Waals surface area (Å²) in [5.41, 5.74) is 0.859. The van der Waals surface area contributed by atoms with Crippen molar-refractivity contribution in [3.05, 3.63) is 35.9 Å². The first kappa shape index (κ1) is 14.5. The molecule has 1 aromatic carbocycles. The van der Waals surface area contributed by atoms with Crippen molar-refractivity contribution in [1.82, 2.24) is 4.90 Å². The minimum Gasteiger partial charge on any atom is -0.497 e. The largest absolute Gasteiger partial charge is 0.497 e. The molecule has 0 aromatic heterocycles. The number of rotatable bonds is 4. The molecule has 1 aliphatic heterocycles. The van der Waals surface area contributed by atoms with E-state index in [1.165, 1.54) is 22.7 Å². The predicted octanol–water partition coefficient (Wildman–Crippen LogP) is 1.69. The lowest BCUT2D eigenvalue weighted by atomic mass is 10.2. The first-order valence-corrected chi connectivity index (χ1v) is 7.20. The molecule has 2 rings (SSSR count). The van der Waals surface area contributed by atoms with Crippen molar-refractivity contribution in [3.63, 3.8) is 0 Å². The van der Waals surface area contributed by atoms with E-state index in [2.05, 4.69) is 0 Å². The molecule has 5 nitrogen and oxygen atoms in total. The summed E-state index contributed by atoms with van der Waals surface area (Å²) in [6.07, 6.45) is 3.08. The van der Waals surface area contributed by atoms with Gasteiger partial charge in [0, 0.05) is 11.8 Å². The van der Waals surface area contributed by atoms with Crippen LogP contribution in [-0.4, -0.2) is 46.7 Å². The Balaban J connectivity index is 2.02. The van der Waals surface area contributed by atoms with Crippen molar-refractivity contribution in [2.24, 2.45) is 0 Å². The maximum absolute atomic E-state index is 12.0. The third kappa shape index (κ3) is 3.33. The number of methoxy groups -OCH3 is 1. The number of thioether (sulfide) groups is 1. The van der Waals surface area contributed by atoms with E-state index >= 15 is 0 Å². The molecule has 106 valence electrons. The highest BCUT2D eigenvalue weighted by Gasteiger charge is 2.33. The van der Waals surface area contributed by atoms with Crippen LogP contribution in [0.4, 0.5) is 0 Å². The fourth-order valence-corrected chi connectivity index (χ4v) is 3.00. The van der Waals surface area contributed by atoms with Crippen LogP contribution >= 0.6 is 11.8 Å². The molecule has 0 saturated carbocycles. The highest BCUT2D eigenvalue weighted by molar-refractivity contribution is 7.99. The number of carboxylic acid groups (broad SMARTS) is 1. The molecule has 1 saturated heterocycles. The Morgan fingerprint density at radius 1 is 1.40 bits per heavy atom. The molecule has 0 aliphatic carbocycles. The van der Waals surface area contributed by atoms with E-state index in [4.69, 9.17) is 9.84 Å². The van der Waals surface area contributed by atoms with Crippen LogP contribution in [0.5, 0.6) is 5.75 Å². The topological polar surface area (TPSA) is 66.8 Å². The summed E-state index contributed by atoms with van der Waals surface area (Å²) in [4.78, 5) is 24.4. The minimum atomic E-state index is -0.957. The number of hydrogen-bond acceptors (Lipinski definition) is 4. The van der Waals surface area contributed by atoms with Gasteiger partial charge in [-0.05, 0) is 23.8 Å². The van der Waals surface area contributed by atoms with Crippen LogP contribution in [0.25, 0.3) is 6.08 Å². The van der Waals surface area contributed by atoms with Gasteiger partial charge < -0.3 is 14.7 Å². The van der Waals surface area contributed by atoms with Gasteiger partial charge in [0.05, 0.1) is 13.0 Å². The van der Waals surface area contributed by atoms with Gasteiger partial charge in [-0.1, -0.05) is 12.1 Å². The van der Waals surface area contributed by atoms with Crippen molar-refractivity contribution in [3.8, 4) is 5.75 Å². The molecule has 1 amide bonds. The number of ether oxygens (including phenoxy) is 1. The maximum atomic E-state index is 12.0. The highest BCUT2D eigenvalue weighted by atomic mass is 32.2. The lowest BCUT2D eigenvalue weighted by molar-refractivity contribution is -0.146. The van der Waals surface area contributed by atoms with Crippen LogP contribution in [0, 0.1) is 0 Å². The fraction of sp³-hybridized carbons (Fsp3) is 0.286. The molecule has 6 heteroatoms. The molecule has 1 aromatic rings. The van der Waals surface area contributed by atoms with Gasteiger partial charge >= 0.3 is 5.97 Å². The lowest BCUT2D eigenvalue weighted by Gasteiger charge is -2.18. The molecule has 1 heterocycles. The number of nitrogens with zero attached hydrogens (tertiary/aromatic N) is 1. The molecular formula is C14H15NO4S. The van der Waals surface area contributed by atoms with Crippen molar-refractivity contribution in [2.75, 3.05) is 18.7 Å². The van der Waals surface area contributed by atoms with Crippen LogP contribution in [0.2, 0.25) is 0 Å². The summed E-state index contributed by atoms with van der Waals surface area (Å²) >= 11 is 1.45. The fourth-order valence-electron chi connectivity index (χ4n) is 1.84. The Labute approximate surface area is 121 Å². The van der Waals surface area contributed by atoms with E-state index in [-0.39, 0.29) is 5.91 Å². The highest BCUT2D eigenvalue weighted by Crippen LogP contribution is 2.21. The molecule has 1 atom stereocenters. The molecule has 1 fully saturated rings. The Kier molecular flexibility index (Phi) is 4.68. The number of aliphatic carboxylic acids is 1. The van der Waals surface area contributed by atoms with Gasteiger partial charge in [-0.3, -0.25) is 4.79 Å². The third-order valence-corrected chi connectivity index (χ3v) is 4.00. The first-order valence-electron chi connectivity index (χ1n) is 6.05. The van der Waals surface area contributed by atoms with E-state index < -0.39 is 12.0 Å². The minimum absolute atomic E-state index is 0.279. The summed E-state index contributed by atoms with van der Waals surface area (Å²) in [5.74, 6) is 0.370. The van der Waals surface area contributed by atoms with Crippen LogP contribution in [-0.2, 0) is 9.59 Å². The average molecular weight is 293 g/mol. The third-order valence-electron chi connectivity index (χ3n) is 2.98. The number of carboxylic acids is 1. The Bertz CT molecular complexity index is 526. The number of amides is 1. The molecule has 0 bridgehead atoms. The Morgan fingerprint density at radius 2 is 2.10 bits per heavy atom. The summed E-state index contributed by atoms with van der Waals surface area (Å²) in [6.45, 7) is 0. The number of benzene rings is 1. The van der Waals surface area contributed by atoms with Crippen molar-refractivity contribution >= 4 is 29.7 Å². The van der Waals surface area contributed by atoms with Gasteiger partial charge in [0.2, 0.25) is 5.91 Å². The van der Waals surface area contributed by atoms with Gasteiger partial charge in [-0.2, -0.15) is 0 Å².